The van der Waals surface area contributed by atoms with Gasteiger partial charge >= 0.3 is 0 Å². The fraction of sp³-hybridized carbons (Fsp3) is 0.526. The number of carbonyl (C=O) groups is 1. The second-order valence-electron chi connectivity index (χ2n) is 7.04. The molecule has 1 aliphatic heterocycles. The van der Waals surface area contributed by atoms with Gasteiger partial charge in [0.15, 0.2) is 5.16 Å². The summed E-state index contributed by atoms with van der Waals surface area (Å²) in [4.78, 5) is 14.3. The summed E-state index contributed by atoms with van der Waals surface area (Å²) in [5.74, 6) is 1.48. The molecule has 1 aromatic heterocycles. The molecule has 2 heterocycles. The SMILES string of the molecule is CC(C)Cn1c(SCCC(=O)Nc2ccc(F)cc2)nnc1N1CCOCC1. The van der Waals surface area contributed by atoms with Gasteiger partial charge in [0.1, 0.15) is 5.82 Å². The Morgan fingerprint density at radius 3 is 2.64 bits per heavy atom. The van der Waals surface area contributed by atoms with Crippen LogP contribution >= 0.6 is 11.8 Å². The first-order chi connectivity index (χ1) is 13.5. The highest BCUT2D eigenvalue weighted by Gasteiger charge is 2.21. The van der Waals surface area contributed by atoms with Crippen LogP contribution in [0.15, 0.2) is 29.4 Å². The zero-order chi connectivity index (χ0) is 19.9. The van der Waals surface area contributed by atoms with E-state index in [-0.39, 0.29) is 11.7 Å². The summed E-state index contributed by atoms with van der Waals surface area (Å²) < 4.78 is 20.5. The lowest BCUT2D eigenvalue weighted by atomic mass is 10.2. The van der Waals surface area contributed by atoms with Gasteiger partial charge in [0, 0.05) is 37.5 Å². The molecule has 0 spiro atoms. The lowest BCUT2D eigenvalue weighted by Crippen LogP contribution is -2.38. The van der Waals surface area contributed by atoms with Crippen molar-refractivity contribution in [3.8, 4) is 0 Å². The molecule has 0 radical (unpaired) electrons. The van der Waals surface area contributed by atoms with Gasteiger partial charge in [-0.2, -0.15) is 0 Å². The van der Waals surface area contributed by atoms with Crippen molar-refractivity contribution in [1.29, 1.82) is 0 Å². The van der Waals surface area contributed by atoms with Gasteiger partial charge in [0.05, 0.1) is 13.2 Å². The van der Waals surface area contributed by atoms with E-state index in [2.05, 4.69) is 38.8 Å². The maximum atomic E-state index is 12.9. The summed E-state index contributed by atoms with van der Waals surface area (Å²) in [6, 6.07) is 5.75. The number of aromatic nitrogens is 3. The second-order valence-corrected chi connectivity index (χ2v) is 8.10. The number of thioether (sulfide) groups is 1. The minimum atomic E-state index is -0.325. The predicted octanol–water partition coefficient (Wildman–Crippen LogP) is 3.03. The zero-order valence-electron chi connectivity index (χ0n) is 16.2. The molecule has 152 valence electrons. The van der Waals surface area contributed by atoms with Gasteiger partial charge in [-0.3, -0.25) is 9.36 Å². The number of ether oxygens (including phenoxy) is 1. The number of nitrogens with zero attached hydrogens (tertiary/aromatic N) is 4. The molecular formula is C19H26FN5O2S. The first-order valence-corrected chi connectivity index (χ1v) is 10.5. The number of rotatable bonds is 8. The lowest BCUT2D eigenvalue weighted by molar-refractivity contribution is -0.115. The fourth-order valence-electron chi connectivity index (χ4n) is 2.90. The summed E-state index contributed by atoms with van der Waals surface area (Å²) in [6.07, 6.45) is 0.337. The highest BCUT2D eigenvalue weighted by molar-refractivity contribution is 7.99. The molecule has 1 aliphatic rings. The average molecular weight is 408 g/mol. The quantitative estimate of drug-likeness (QED) is 0.678. The summed E-state index contributed by atoms with van der Waals surface area (Å²) in [5.41, 5.74) is 0.592. The monoisotopic (exact) mass is 407 g/mol. The number of nitrogens with one attached hydrogen (secondary N) is 1. The van der Waals surface area contributed by atoms with Crippen LogP contribution in [0, 0.1) is 11.7 Å². The number of benzene rings is 1. The maximum absolute atomic E-state index is 12.9. The highest BCUT2D eigenvalue weighted by Crippen LogP contribution is 2.24. The lowest BCUT2D eigenvalue weighted by Gasteiger charge is -2.28. The van der Waals surface area contributed by atoms with E-state index in [9.17, 15) is 9.18 Å². The number of hydrogen-bond donors (Lipinski definition) is 1. The third-order valence-electron chi connectivity index (χ3n) is 4.23. The summed E-state index contributed by atoms with van der Waals surface area (Å²) >= 11 is 1.53. The molecule has 0 bridgehead atoms. The van der Waals surface area contributed by atoms with Crippen molar-refractivity contribution in [3.63, 3.8) is 0 Å². The number of anilines is 2. The summed E-state index contributed by atoms with van der Waals surface area (Å²) in [5, 5.41) is 12.3. The molecule has 1 saturated heterocycles. The Balaban J connectivity index is 1.57. The van der Waals surface area contributed by atoms with Crippen LogP contribution in [0.1, 0.15) is 20.3 Å². The Kier molecular flexibility index (Phi) is 7.27. The molecular weight excluding hydrogens is 381 g/mol. The number of halogens is 1. The first kappa shape index (κ1) is 20.6. The minimum Gasteiger partial charge on any atom is -0.378 e. The Labute approximate surface area is 168 Å². The fourth-order valence-corrected chi connectivity index (χ4v) is 3.78. The first-order valence-electron chi connectivity index (χ1n) is 9.47. The Bertz CT molecular complexity index is 775. The van der Waals surface area contributed by atoms with Crippen LogP contribution < -0.4 is 10.2 Å². The van der Waals surface area contributed by atoms with E-state index in [1.807, 2.05) is 0 Å². The standard InChI is InChI=1S/C19H26FN5O2S/c1-14(2)13-25-18(24-8-10-27-11-9-24)22-23-19(25)28-12-7-17(26)21-16-5-3-15(20)4-6-16/h3-6,14H,7-13H2,1-2H3,(H,21,26). The molecule has 7 nitrogen and oxygen atoms in total. The van der Waals surface area contributed by atoms with Gasteiger partial charge in [-0.25, -0.2) is 4.39 Å². The second kappa shape index (κ2) is 9.88. The van der Waals surface area contributed by atoms with Gasteiger partial charge in [-0.15, -0.1) is 10.2 Å². The van der Waals surface area contributed by atoms with E-state index in [1.54, 1.807) is 12.1 Å². The van der Waals surface area contributed by atoms with E-state index in [0.717, 1.165) is 30.7 Å². The van der Waals surface area contributed by atoms with E-state index < -0.39 is 0 Å². The van der Waals surface area contributed by atoms with Crippen molar-refractivity contribution in [2.75, 3.05) is 42.3 Å². The molecule has 1 amide bonds. The molecule has 3 rings (SSSR count). The Hall–Kier alpha value is -2.13. The molecule has 0 atom stereocenters. The molecule has 9 heteroatoms. The van der Waals surface area contributed by atoms with Crippen molar-refractivity contribution >= 4 is 29.3 Å². The molecule has 2 aromatic rings. The van der Waals surface area contributed by atoms with Crippen molar-refractivity contribution in [2.45, 2.75) is 32.0 Å². The number of morpholine rings is 1. The topological polar surface area (TPSA) is 72.3 Å². The van der Waals surface area contributed by atoms with Crippen LogP contribution in [-0.2, 0) is 16.1 Å². The smallest absolute Gasteiger partial charge is 0.228 e. The predicted molar refractivity (Wildman–Crippen MR) is 108 cm³/mol. The van der Waals surface area contributed by atoms with Gasteiger partial charge in [0.2, 0.25) is 11.9 Å². The zero-order valence-corrected chi connectivity index (χ0v) is 17.0. The largest absolute Gasteiger partial charge is 0.378 e. The van der Waals surface area contributed by atoms with Crippen LogP contribution in [0.3, 0.4) is 0 Å². The third kappa shape index (κ3) is 5.68. The molecule has 0 unspecified atom stereocenters. The Morgan fingerprint density at radius 1 is 1.25 bits per heavy atom. The highest BCUT2D eigenvalue weighted by atomic mass is 32.2. The van der Waals surface area contributed by atoms with Crippen LogP contribution in [0.4, 0.5) is 16.0 Å². The molecule has 28 heavy (non-hydrogen) atoms. The van der Waals surface area contributed by atoms with Crippen LogP contribution in [-0.4, -0.2) is 52.7 Å². The van der Waals surface area contributed by atoms with Crippen LogP contribution in [0.2, 0.25) is 0 Å². The maximum Gasteiger partial charge on any atom is 0.228 e. The van der Waals surface area contributed by atoms with Crippen molar-refractivity contribution < 1.29 is 13.9 Å². The normalized spacial score (nSPS) is 14.5. The third-order valence-corrected chi connectivity index (χ3v) is 5.20. The van der Waals surface area contributed by atoms with Crippen LogP contribution in [0.5, 0.6) is 0 Å². The summed E-state index contributed by atoms with van der Waals surface area (Å²) in [6.45, 7) is 8.15. The van der Waals surface area contributed by atoms with Gasteiger partial charge in [-0.05, 0) is 30.2 Å². The van der Waals surface area contributed by atoms with E-state index in [0.29, 0.717) is 37.0 Å². The number of carbonyl (C=O) groups excluding carboxylic acids is 1. The van der Waals surface area contributed by atoms with E-state index in [4.69, 9.17) is 4.74 Å². The average Bonchev–Trinajstić information content (AvgIpc) is 3.06. The van der Waals surface area contributed by atoms with Crippen molar-refractivity contribution in [3.05, 3.63) is 30.1 Å². The van der Waals surface area contributed by atoms with E-state index >= 15 is 0 Å². The summed E-state index contributed by atoms with van der Waals surface area (Å²) in [7, 11) is 0. The molecule has 0 aliphatic carbocycles. The van der Waals surface area contributed by atoms with E-state index in [1.165, 1.54) is 23.9 Å². The number of amides is 1. The number of hydrogen-bond acceptors (Lipinski definition) is 6. The molecule has 0 saturated carbocycles. The molecule has 1 aromatic carbocycles. The van der Waals surface area contributed by atoms with Gasteiger partial charge in [-0.1, -0.05) is 25.6 Å². The van der Waals surface area contributed by atoms with Crippen molar-refractivity contribution in [1.82, 2.24) is 14.8 Å². The van der Waals surface area contributed by atoms with Crippen LogP contribution in [0.25, 0.3) is 0 Å². The molecule has 1 N–H and O–H groups in total. The minimum absolute atomic E-state index is 0.109. The van der Waals surface area contributed by atoms with Gasteiger partial charge < -0.3 is 15.0 Å². The van der Waals surface area contributed by atoms with Gasteiger partial charge in [0.25, 0.3) is 0 Å². The Morgan fingerprint density at radius 2 is 1.96 bits per heavy atom. The van der Waals surface area contributed by atoms with Crippen molar-refractivity contribution in [2.24, 2.45) is 5.92 Å². The molecule has 1 fully saturated rings.